The van der Waals surface area contributed by atoms with E-state index < -0.39 is 5.82 Å². The summed E-state index contributed by atoms with van der Waals surface area (Å²) in [7, 11) is 0. The third-order valence-corrected chi connectivity index (χ3v) is 2.95. The van der Waals surface area contributed by atoms with Gasteiger partial charge in [-0.15, -0.1) is 0 Å². The van der Waals surface area contributed by atoms with Gasteiger partial charge in [-0.05, 0) is 6.07 Å². The third kappa shape index (κ3) is 1.88. The predicted molar refractivity (Wildman–Crippen MR) is 63.3 cm³/mol. The Morgan fingerprint density at radius 3 is 2.50 bits per heavy atom. The number of nitrogen functional groups attached to an aromatic ring is 2. The number of nitrogens with zero attached hydrogens (tertiary/aromatic N) is 1. The molecule has 1 fully saturated rings. The van der Waals surface area contributed by atoms with Crippen LogP contribution >= 0.6 is 11.6 Å². The normalized spacial score (nSPS) is 16.5. The monoisotopic (exact) mass is 245 g/mol. The van der Waals surface area contributed by atoms with Crippen molar-refractivity contribution in [3.63, 3.8) is 0 Å². The van der Waals surface area contributed by atoms with Crippen molar-refractivity contribution >= 4 is 28.7 Å². The maximum absolute atomic E-state index is 13.9. The van der Waals surface area contributed by atoms with Crippen LogP contribution in [0.4, 0.5) is 21.5 Å². The molecule has 0 radical (unpaired) electrons. The minimum absolute atomic E-state index is 0.0734. The maximum atomic E-state index is 13.9. The SMILES string of the molecule is Nc1cc(N)c(N2CCOCC2)c(F)c1Cl. The van der Waals surface area contributed by atoms with E-state index in [0.29, 0.717) is 37.7 Å². The number of halogens is 2. The van der Waals surface area contributed by atoms with Crippen LogP contribution in [0.15, 0.2) is 6.07 Å². The van der Waals surface area contributed by atoms with E-state index in [1.807, 2.05) is 4.90 Å². The highest BCUT2D eigenvalue weighted by atomic mass is 35.5. The maximum Gasteiger partial charge on any atom is 0.169 e. The number of hydrogen-bond acceptors (Lipinski definition) is 4. The van der Waals surface area contributed by atoms with E-state index in [2.05, 4.69) is 0 Å². The molecule has 0 spiro atoms. The highest BCUT2D eigenvalue weighted by Gasteiger charge is 2.21. The summed E-state index contributed by atoms with van der Waals surface area (Å²) in [5.74, 6) is -0.555. The topological polar surface area (TPSA) is 64.5 Å². The summed E-state index contributed by atoms with van der Waals surface area (Å²) in [6.07, 6.45) is 0. The number of hydrogen-bond donors (Lipinski definition) is 2. The number of ether oxygens (including phenoxy) is 1. The third-order valence-electron chi connectivity index (χ3n) is 2.57. The Kier molecular flexibility index (Phi) is 3.07. The van der Waals surface area contributed by atoms with Gasteiger partial charge in [0.2, 0.25) is 0 Å². The Morgan fingerprint density at radius 2 is 1.88 bits per heavy atom. The van der Waals surface area contributed by atoms with Gasteiger partial charge in [0.1, 0.15) is 5.02 Å². The minimum Gasteiger partial charge on any atom is -0.397 e. The van der Waals surface area contributed by atoms with Gasteiger partial charge in [0, 0.05) is 13.1 Å². The minimum atomic E-state index is -0.555. The largest absolute Gasteiger partial charge is 0.397 e. The lowest BCUT2D eigenvalue weighted by Gasteiger charge is -2.30. The number of morpholine rings is 1. The molecule has 0 aliphatic carbocycles. The molecule has 4 N–H and O–H groups in total. The van der Waals surface area contributed by atoms with Crippen LogP contribution in [0.3, 0.4) is 0 Å². The van der Waals surface area contributed by atoms with Gasteiger partial charge in [0.15, 0.2) is 5.82 Å². The average Bonchev–Trinajstić information content (AvgIpc) is 2.28. The molecule has 1 aliphatic heterocycles. The molecule has 1 saturated heterocycles. The fourth-order valence-corrected chi connectivity index (χ4v) is 1.91. The molecule has 2 rings (SSSR count). The second-order valence-corrected chi connectivity index (χ2v) is 4.01. The van der Waals surface area contributed by atoms with Crippen LogP contribution in [0.5, 0.6) is 0 Å². The molecule has 0 saturated carbocycles. The number of anilines is 3. The Balaban J connectivity index is 2.42. The molecule has 1 aromatic rings. The summed E-state index contributed by atoms with van der Waals surface area (Å²) in [5, 5.41) is -0.0734. The van der Waals surface area contributed by atoms with E-state index in [0.717, 1.165) is 0 Å². The Bertz CT molecular complexity index is 408. The fraction of sp³-hybridized carbons (Fsp3) is 0.400. The van der Waals surface area contributed by atoms with Gasteiger partial charge >= 0.3 is 0 Å². The molecule has 6 heteroatoms. The van der Waals surface area contributed by atoms with E-state index >= 15 is 0 Å². The van der Waals surface area contributed by atoms with Gasteiger partial charge in [-0.3, -0.25) is 0 Å². The first-order valence-electron chi connectivity index (χ1n) is 4.97. The average molecular weight is 246 g/mol. The molecule has 16 heavy (non-hydrogen) atoms. The summed E-state index contributed by atoms with van der Waals surface area (Å²) in [6.45, 7) is 2.31. The van der Waals surface area contributed by atoms with Crippen LogP contribution in [0.2, 0.25) is 5.02 Å². The summed E-state index contributed by atoms with van der Waals surface area (Å²) >= 11 is 5.76. The molecule has 1 aromatic carbocycles. The van der Waals surface area contributed by atoms with E-state index in [9.17, 15) is 4.39 Å². The first-order chi connectivity index (χ1) is 7.61. The number of rotatable bonds is 1. The van der Waals surface area contributed by atoms with E-state index in [1.165, 1.54) is 6.07 Å². The summed E-state index contributed by atoms with van der Waals surface area (Å²) in [4.78, 5) is 1.82. The molecule has 88 valence electrons. The van der Waals surface area contributed by atoms with Gasteiger partial charge < -0.3 is 21.1 Å². The van der Waals surface area contributed by atoms with Crippen molar-refractivity contribution in [3.05, 3.63) is 16.9 Å². The molecular weight excluding hydrogens is 233 g/mol. The molecule has 0 unspecified atom stereocenters. The lowest BCUT2D eigenvalue weighted by atomic mass is 10.2. The van der Waals surface area contributed by atoms with Crippen molar-refractivity contribution in [1.82, 2.24) is 0 Å². The van der Waals surface area contributed by atoms with E-state index in [4.69, 9.17) is 27.8 Å². The summed E-state index contributed by atoms with van der Waals surface area (Å²) in [6, 6.07) is 1.48. The van der Waals surface area contributed by atoms with Crippen molar-refractivity contribution in [2.75, 3.05) is 42.7 Å². The fourth-order valence-electron chi connectivity index (χ4n) is 1.77. The van der Waals surface area contributed by atoms with Crippen LogP contribution in [0.1, 0.15) is 0 Å². The quantitative estimate of drug-likeness (QED) is 0.736. The van der Waals surface area contributed by atoms with Crippen molar-refractivity contribution < 1.29 is 9.13 Å². The first-order valence-corrected chi connectivity index (χ1v) is 5.34. The standard InChI is InChI=1S/C10H13ClFN3O/c11-8-6(13)5-7(14)10(9(8)12)15-1-3-16-4-2-15/h5H,1-4,13-14H2. The van der Waals surface area contributed by atoms with Gasteiger partial charge in [0.25, 0.3) is 0 Å². The molecule has 0 bridgehead atoms. The molecule has 4 nitrogen and oxygen atoms in total. The zero-order valence-corrected chi connectivity index (χ0v) is 9.43. The lowest BCUT2D eigenvalue weighted by Crippen LogP contribution is -2.37. The van der Waals surface area contributed by atoms with Gasteiger partial charge in [-0.1, -0.05) is 11.6 Å². The van der Waals surface area contributed by atoms with Gasteiger partial charge in [-0.25, -0.2) is 4.39 Å². The van der Waals surface area contributed by atoms with Crippen molar-refractivity contribution in [2.24, 2.45) is 0 Å². The lowest BCUT2D eigenvalue weighted by molar-refractivity contribution is 0.122. The zero-order chi connectivity index (χ0) is 11.7. The van der Waals surface area contributed by atoms with Gasteiger partial charge in [0.05, 0.1) is 30.3 Å². The highest BCUT2D eigenvalue weighted by molar-refractivity contribution is 6.33. The van der Waals surface area contributed by atoms with Crippen LogP contribution < -0.4 is 16.4 Å². The number of benzene rings is 1. The summed E-state index contributed by atoms with van der Waals surface area (Å²) < 4.78 is 19.1. The predicted octanol–water partition coefficient (Wildman–Crippen LogP) is 1.48. The van der Waals surface area contributed by atoms with E-state index in [1.54, 1.807) is 0 Å². The van der Waals surface area contributed by atoms with Crippen molar-refractivity contribution in [3.8, 4) is 0 Å². The zero-order valence-electron chi connectivity index (χ0n) is 8.67. The van der Waals surface area contributed by atoms with Crippen molar-refractivity contribution in [1.29, 1.82) is 0 Å². The van der Waals surface area contributed by atoms with Crippen LogP contribution in [-0.2, 0) is 4.74 Å². The smallest absolute Gasteiger partial charge is 0.169 e. The molecular formula is C10H13ClFN3O. The molecule has 0 amide bonds. The number of nitrogens with two attached hydrogens (primary N) is 2. The Hall–Kier alpha value is -1.20. The van der Waals surface area contributed by atoms with Crippen LogP contribution in [-0.4, -0.2) is 26.3 Å². The second kappa shape index (κ2) is 4.35. The van der Waals surface area contributed by atoms with E-state index in [-0.39, 0.29) is 10.7 Å². The molecule has 1 heterocycles. The second-order valence-electron chi connectivity index (χ2n) is 3.63. The first kappa shape index (κ1) is 11.3. The molecule has 0 aromatic heterocycles. The van der Waals surface area contributed by atoms with Gasteiger partial charge in [-0.2, -0.15) is 0 Å². The molecule has 1 aliphatic rings. The van der Waals surface area contributed by atoms with Crippen LogP contribution in [0.25, 0.3) is 0 Å². The van der Waals surface area contributed by atoms with Crippen molar-refractivity contribution in [2.45, 2.75) is 0 Å². The Labute approximate surface area is 97.9 Å². The summed E-state index contributed by atoms with van der Waals surface area (Å²) in [5.41, 5.74) is 12.1. The molecule has 0 atom stereocenters. The highest BCUT2D eigenvalue weighted by Crippen LogP contribution is 2.36. The van der Waals surface area contributed by atoms with Crippen LogP contribution in [0, 0.1) is 5.82 Å². The Morgan fingerprint density at radius 1 is 1.25 bits per heavy atom.